The van der Waals surface area contributed by atoms with Gasteiger partial charge in [0.05, 0.1) is 63.7 Å². The van der Waals surface area contributed by atoms with Gasteiger partial charge in [0, 0.05) is 50.6 Å². The van der Waals surface area contributed by atoms with E-state index in [0.717, 1.165) is 12.8 Å². The number of rotatable bonds is 8. The Kier molecular flexibility index (Phi) is 8.50. The number of primary amides is 1. The molecule has 6 rings (SSSR count). The quantitative estimate of drug-likeness (QED) is 0.241. The number of aromatic nitrogens is 4. The summed E-state index contributed by atoms with van der Waals surface area (Å²) in [6.45, 7) is 3.38. The van der Waals surface area contributed by atoms with Crippen molar-refractivity contribution in [3.63, 3.8) is 0 Å². The summed E-state index contributed by atoms with van der Waals surface area (Å²) >= 11 is 6.45. The summed E-state index contributed by atoms with van der Waals surface area (Å²) < 4.78 is 17.0. The number of halogens is 2. The number of amides is 2. The van der Waals surface area contributed by atoms with Gasteiger partial charge in [0.2, 0.25) is 11.7 Å². The SMILES string of the molecule is [B]C1(C([B])([B])N2CCN(c3cc(NC(=O)Cn4cc(C5C#CC(F)=C(O)C(C(N)=O)=C5)c5c(=O)n(C)cnc54)c(Cl)cn3)[C@@H](C)C2)CC1. The lowest BCUT2D eigenvalue weighted by Gasteiger charge is -2.51. The first-order valence-corrected chi connectivity index (χ1v) is 15.5. The third kappa shape index (κ3) is 5.90. The van der Waals surface area contributed by atoms with E-state index in [1.807, 2.05) is 11.8 Å². The van der Waals surface area contributed by atoms with E-state index in [4.69, 9.17) is 40.9 Å². The van der Waals surface area contributed by atoms with Crippen molar-refractivity contribution < 1.29 is 19.1 Å². The number of nitrogens with zero attached hydrogens (tertiary/aromatic N) is 6. The molecule has 1 unspecified atom stereocenters. The normalized spacial score (nSPS) is 20.9. The summed E-state index contributed by atoms with van der Waals surface area (Å²) in [7, 11) is 20.8. The molecular weight excluding hydrogens is 635 g/mol. The van der Waals surface area contributed by atoms with E-state index >= 15 is 0 Å². The van der Waals surface area contributed by atoms with E-state index in [1.165, 1.54) is 41.0 Å². The number of carbonyl (C=O) groups excluding carboxylic acids is 2. The summed E-state index contributed by atoms with van der Waals surface area (Å²) in [6.07, 6.45) is 6.93. The van der Waals surface area contributed by atoms with Crippen molar-refractivity contribution in [3.05, 3.63) is 69.0 Å². The van der Waals surface area contributed by atoms with Crippen LogP contribution in [-0.4, -0.2) is 95.5 Å². The first kappa shape index (κ1) is 33.4. The highest BCUT2D eigenvalue weighted by Crippen LogP contribution is 2.58. The van der Waals surface area contributed by atoms with Gasteiger partial charge < -0.3 is 35.1 Å². The molecule has 240 valence electrons. The van der Waals surface area contributed by atoms with E-state index in [0.29, 0.717) is 31.1 Å². The second kappa shape index (κ2) is 12.2. The maximum Gasteiger partial charge on any atom is 0.262 e. The van der Waals surface area contributed by atoms with E-state index in [2.05, 4.69) is 32.0 Å². The highest BCUT2D eigenvalue weighted by molar-refractivity contribution is 6.46. The Balaban J connectivity index is 1.25. The first-order chi connectivity index (χ1) is 22.6. The van der Waals surface area contributed by atoms with Gasteiger partial charge in [-0.05, 0) is 18.9 Å². The topological polar surface area (TPSA) is 152 Å². The Morgan fingerprint density at radius 3 is 2.69 bits per heavy atom. The molecule has 0 bridgehead atoms. The van der Waals surface area contributed by atoms with Crippen molar-refractivity contribution in [1.29, 1.82) is 0 Å². The Morgan fingerprint density at radius 1 is 1.29 bits per heavy atom. The minimum absolute atomic E-state index is 0.0371. The molecule has 1 saturated carbocycles. The van der Waals surface area contributed by atoms with Crippen LogP contribution in [0.15, 0.2) is 52.8 Å². The molecular formula is C31H29B3ClFN8O4. The van der Waals surface area contributed by atoms with Crippen LogP contribution in [0.1, 0.15) is 31.2 Å². The van der Waals surface area contributed by atoms with Crippen molar-refractivity contribution in [1.82, 2.24) is 24.0 Å². The monoisotopic (exact) mass is 664 g/mol. The number of piperazine rings is 1. The molecule has 2 fully saturated rings. The molecule has 3 aromatic heterocycles. The van der Waals surface area contributed by atoms with Crippen LogP contribution in [0.3, 0.4) is 0 Å². The maximum absolute atomic E-state index is 14.3. The molecule has 2 amide bonds. The Labute approximate surface area is 284 Å². The van der Waals surface area contributed by atoms with Crippen LogP contribution in [0.25, 0.3) is 11.0 Å². The number of hydrogen-bond acceptors (Lipinski definition) is 8. The van der Waals surface area contributed by atoms with E-state index < -0.39 is 51.1 Å². The van der Waals surface area contributed by atoms with Gasteiger partial charge in [0.15, 0.2) is 5.76 Å². The van der Waals surface area contributed by atoms with Crippen LogP contribution < -0.4 is 21.5 Å². The largest absolute Gasteiger partial charge is 0.504 e. The van der Waals surface area contributed by atoms with Crippen LogP contribution >= 0.6 is 11.6 Å². The zero-order chi connectivity index (χ0) is 34.7. The fourth-order valence-electron chi connectivity index (χ4n) is 6.13. The molecule has 1 aliphatic heterocycles. The molecule has 12 nitrogen and oxygen atoms in total. The summed E-state index contributed by atoms with van der Waals surface area (Å²) in [4.78, 5) is 51.6. The van der Waals surface area contributed by atoms with E-state index in [-0.39, 0.29) is 34.2 Å². The Morgan fingerprint density at radius 2 is 2.02 bits per heavy atom. The minimum Gasteiger partial charge on any atom is -0.504 e. The van der Waals surface area contributed by atoms with Gasteiger partial charge in [-0.2, -0.15) is 4.39 Å². The summed E-state index contributed by atoms with van der Waals surface area (Å²) in [5.41, 5.74) is 5.08. The predicted octanol–water partition coefficient (Wildman–Crippen LogP) is 1.30. The average Bonchev–Trinajstić information content (AvgIpc) is 3.73. The van der Waals surface area contributed by atoms with E-state index in [9.17, 15) is 23.9 Å². The van der Waals surface area contributed by atoms with Gasteiger partial charge in [0.1, 0.15) is 18.0 Å². The fraction of sp³-hybridized carbons (Fsp3) is 0.387. The molecule has 3 aromatic rings. The number of aliphatic hydroxyl groups is 1. The van der Waals surface area contributed by atoms with Gasteiger partial charge >= 0.3 is 0 Å². The smallest absolute Gasteiger partial charge is 0.262 e. The molecule has 1 saturated heterocycles. The van der Waals surface area contributed by atoms with Crippen LogP contribution in [0, 0.1) is 11.8 Å². The van der Waals surface area contributed by atoms with Gasteiger partial charge in [-0.3, -0.25) is 14.4 Å². The van der Waals surface area contributed by atoms with Crippen LogP contribution in [0.2, 0.25) is 10.3 Å². The van der Waals surface area contributed by atoms with Gasteiger partial charge in [-0.1, -0.05) is 41.0 Å². The Bertz CT molecular complexity index is 2050. The van der Waals surface area contributed by atoms with Gasteiger partial charge in [-0.25, -0.2) is 9.97 Å². The molecule has 2 aliphatic carbocycles. The third-order valence-corrected chi connectivity index (χ3v) is 9.46. The van der Waals surface area contributed by atoms with Crippen molar-refractivity contribution in [2.24, 2.45) is 12.8 Å². The summed E-state index contributed by atoms with van der Waals surface area (Å²) in [5, 5.41) is 11.5. The molecule has 17 heteroatoms. The number of nitrogens with two attached hydrogens (primary N) is 1. The van der Waals surface area contributed by atoms with Crippen LogP contribution in [0.5, 0.6) is 0 Å². The summed E-state index contributed by atoms with van der Waals surface area (Å²) in [6, 6.07) is 1.64. The van der Waals surface area contributed by atoms with Gasteiger partial charge in [0.25, 0.3) is 11.5 Å². The fourth-order valence-corrected chi connectivity index (χ4v) is 6.28. The number of anilines is 2. The van der Waals surface area contributed by atoms with Crippen molar-refractivity contribution in [3.8, 4) is 11.8 Å². The number of fused-ring (bicyclic) bond motifs is 1. The number of aliphatic hydroxyl groups excluding tert-OH is 1. The highest BCUT2D eigenvalue weighted by atomic mass is 35.5. The number of nitrogens with one attached hydrogen (secondary N) is 1. The highest BCUT2D eigenvalue weighted by Gasteiger charge is 2.51. The second-order valence-electron chi connectivity index (χ2n) is 12.5. The second-order valence-corrected chi connectivity index (χ2v) is 12.9. The number of allylic oxidation sites excluding steroid dienone is 2. The first-order valence-electron chi connectivity index (χ1n) is 15.1. The molecule has 3 aliphatic rings. The number of pyridine rings is 1. The molecule has 4 heterocycles. The molecule has 4 N–H and O–H groups in total. The molecule has 0 aromatic carbocycles. The van der Waals surface area contributed by atoms with Gasteiger partial charge in [-0.15, -0.1) is 0 Å². The molecule has 2 atom stereocenters. The lowest BCUT2D eigenvalue weighted by molar-refractivity contribution is -0.117. The molecule has 48 heavy (non-hydrogen) atoms. The number of aryl methyl sites for hydroxylation is 1. The molecule has 6 radical (unpaired) electrons. The predicted molar refractivity (Wildman–Crippen MR) is 182 cm³/mol. The van der Waals surface area contributed by atoms with Crippen molar-refractivity contribution >= 4 is 69.5 Å². The standard InChI is InChI=1S/C31H29B3ClFN8O4/c1-16-12-43(31(33,34)30(32)5-6-30)7-8-44(16)23-10-22(20(35)11-38-23)40-24(45)14-42-13-19(25-28(42)39-15-41(2)29(25)48)17-3-4-21(36)26(46)18(9-17)27(37)47/h9-11,13,15-17,46H,5-8,12,14H2,1-2H3,(H2,37,47)(H,38,40,45)/t16-,17?/m0/s1. The van der Waals surface area contributed by atoms with Crippen LogP contribution in [-0.2, 0) is 23.2 Å². The lowest BCUT2D eigenvalue weighted by Crippen LogP contribution is -2.63. The number of carbonyl (C=O) groups is 2. The zero-order valence-corrected chi connectivity index (χ0v) is 27.0. The Hall–Kier alpha value is -4.48. The van der Waals surface area contributed by atoms with Crippen molar-refractivity contribution in [2.75, 3.05) is 29.9 Å². The number of hydrogen-bond donors (Lipinski definition) is 3. The minimum atomic E-state index is -1.24. The summed E-state index contributed by atoms with van der Waals surface area (Å²) in [5.74, 6) is 0.479. The van der Waals surface area contributed by atoms with E-state index in [1.54, 1.807) is 6.07 Å². The molecule has 0 spiro atoms. The lowest BCUT2D eigenvalue weighted by atomic mass is 9.46. The van der Waals surface area contributed by atoms with Crippen molar-refractivity contribution in [2.45, 2.75) is 48.9 Å². The maximum atomic E-state index is 14.3. The average molecular weight is 665 g/mol. The third-order valence-electron chi connectivity index (χ3n) is 9.16. The zero-order valence-electron chi connectivity index (χ0n) is 26.2. The van der Waals surface area contributed by atoms with Crippen LogP contribution in [0.4, 0.5) is 15.9 Å².